The number of hydrogen-bond acceptors (Lipinski definition) is 4. The van der Waals surface area contributed by atoms with Gasteiger partial charge in [-0.3, -0.25) is 4.40 Å². The highest BCUT2D eigenvalue weighted by Gasteiger charge is 2.31. The maximum atomic E-state index is 12.7. The summed E-state index contributed by atoms with van der Waals surface area (Å²) in [6.45, 7) is 1.31. The van der Waals surface area contributed by atoms with Gasteiger partial charge in [-0.1, -0.05) is 29.3 Å². The minimum absolute atomic E-state index is 0.0510. The number of hydrogen-bond donors (Lipinski definition) is 0. The molecule has 0 aliphatic carbocycles. The van der Waals surface area contributed by atoms with Gasteiger partial charge in [-0.25, -0.2) is 0 Å². The molecular weight excluding hydrogens is 430 g/mol. The van der Waals surface area contributed by atoms with E-state index in [1.165, 1.54) is 10.6 Å². The Morgan fingerprint density at radius 2 is 1.90 bits per heavy atom. The van der Waals surface area contributed by atoms with Crippen LogP contribution in [0.15, 0.2) is 30.5 Å². The Labute approximate surface area is 174 Å². The van der Waals surface area contributed by atoms with E-state index in [1.54, 1.807) is 24.3 Å². The average Bonchev–Trinajstić information content (AvgIpc) is 3.07. The fourth-order valence-electron chi connectivity index (χ4n) is 3.23. The molecule has 1 aliphatic rings. The quantitative estimate of drug-likeness (QED) is 0.541. The number of nitrogens with zero attached hydrogens (tertiary/aromatic N) is 3. The number of ether oxygens (including phenoxy) is 2. The van der Waals surface area contributed by atoms with E-state index in [4.69, 9.17) is 32.7 Å². The van der Waals surface area contributed by atoms with E-state index in [1.807, 2.05) is 0 Å². The standard InChI is InChI=1S/C19H16Cl2F3N3O2/c20-14-9-11(1-2-15(14)29-12-4-7-28-8-5-12)13-3-6-27-16(10-19(22,23)24)25-26-18(27)17(13)21/h1-3,6,9,12H,4-5,7-8,10H2. The lowest BCUT2D eigenvalue weighted by Crippen LogP contribution is -2.25. The molecule has 1 fully saturated rings. The lowest BCUT2D eigenvalue weighted by atomic mass is 10.1. The maximum absolute atomic E-state index is 12.7. The van der Waals surface area contributed by atoms with Crippen LogP contribution in [0.5, 0.6) is 5.75 Å². The molecule has 5 nitrogen and oxygen atoms in total. The number of halogens is 5. The lowest BCUT2D eigenvalue weighted by molar-refractivity contribution is -0.128. The van der Waals surface area contributed by atoms with Gasteiger partial charge in [-0.2, -0.15) is 13.2 Å². The Balaban J connectivity index is 1.62. The number of alkyl halides is 3. The van der Waals surface area contributed by atoms with Gasteiger partial charge in [0.1, 0.15) is 24.1 Å². The zero-order valence-electron chi connectivity index (χ0n) is 15.0. The third-order valence-electron chi connectivity index (χ3n) is 4.65. The number of rotatable bonds is 4. The second-order valence-corrected chi connectivity index (χ2v) is 7.51. The topological polar surface area (TPSA) is 48.7 Å². The molecule has 1 aliphatic heterocycles. The second-order valence-electron chi connectivity index (χ2n) is 6.72. The van der Waals surface area contributed by atoms with Crippen LogP contribution in [-0.4, -0.2) is 40.1 Å². The van der Waals surface area contributed by atoms with E-state index in [0.29, 0.717) is 35.1 Å². The summed E-state index contributed by atoms with van der Waals surface area (Å²) in [4.78, 5) is 0. The summed E-state index contributed by atoms with van der Waals surface area (Å²) in [5.74, 6) is 0.341. The molecule has 0 radical (unpaired) electrons. The van der Waals surface area contributed by atoms with E-state index in [2.05, 4.69) is 10.2 Å². The van der Waals surface area contributed by atoms with Crippen molar-refractivity contribution in [2.75, 3.05) is 13.2 Å². The molecule has 1 saturated heterocycles. The van der Waals surface area contributed by atoms with Gasteiger partial charge in [0.05, 0.1) is 23.3 Å². The summed E-state index contributed by atoms with van der Waals surface area (Å²) in [5, 5.41) is 8.06. The van der Waals surface area contributed by atoms with Crippen molar-refractivity contribution in [3.8, 4) is 16.9 Å². The molecule has 0 saturated carbocycles. The zero-order chi connectivity index (χ0) is 20.6. The van der Waals surface area contributed by atoms with Gasteiger partial charge in [-0.15, -0.1) is 10.2 Å². The minimum Gasteiger partial charge on any atom is -0.489 e. The Morgan fingerprint density at radius 1 is 1.14 bits per heavy atom. The molecule has 0 atom stereocenters. The summed E-state index contributed by atoms with van der Waals surface area (Å²) in [6.07, 6.45) is -2.45. The van der Waals surface area contributed by atoms with E-state index < -0.39 is 12.6 Å². The first kappa shape index (κ1) is 20.3. The Bertz CT molecular complexity index is 1030. The second kappa shape index (κ2) is 8.01. The molecule has 154 valence electrons. The van der Waals surface area contributed by atoms with Gasteiger partial charge in [0, 0.05) is 24.6 Å². The molecule has 0 N–H and O–H groups in total. The van der Waals surface area contributed by atoms with Crippen molar-refractivity contribution in [2.24, 2.45) is 0 Å². The molecule has 3 aromatic rings. The van der Waals surface area contributed by atoms with E-state index in [9.17, 15) is 13.2 Å². The van der Waals surface area contributed by atoms with Crippen molar-refractivity contribution >= 4 is 28.8 Å². The molecule has 29 heavy (non-hydrogen) atoms. The van der Waals surface area contributed by atoms with E-state index in [0.717, 1.165) is 12.8 Å². The van der Waals surface area contributed by atoms with Gasteiger partial charge >= 0.3 is 6.18 Å². The van der Waals surface area contributed by atoms with Gasteiger partial charge < -0.3 is 9.47 Å². The molecule has 3 heterocycles. The average molecular weight is 446 g/mol. The third kappa shape index (κ3) is 4.44. The maximum Gasteiger partial charge on any atom is 0.396 e. The first-order valence-corrected chi connectivity index (χ1v) is 9.70. The number of pyridine rings is 1. The van der Waals surface area contributed by atoms with Crippen LogP contribution in [-0.2, 0) is 11.2 Å². The summed E-state index contributed by atoms with van der Waals surface area (Å²) in [5.41, 5.74) is 1.44. The van der Waals surface area contributed by atoms with Crippen molar-refractivity contribution in [3.63, 3.8) is 0 Å². The highest BCUT2D eigenvalue weighted by molar-refractivity contribution is 6.36. The minimum atomic E-state index is -4.39. The van der Waals surface area contributed by atoms with Crippen molar-refractivity contribution in [1.82, 2.24) is 14.6 Å². The van der Waals surface area contributed by atoms with Crippen LogP contribution in [0, 0.1) is 0 Å². The molecule has 1 aromatic carbocycles. The van der Waals surface area contributed by atoms with Crippen LogP contribution in [0.25, 0.3) is 16.8 Å². The molecule has 2 aromatic heterocycles. The highest BCUT2D eigenvalue weighted by Crippen LogP contribution is 2.36. The van der Waals surface area contributed by atoms with Crippen LogP contribution in [0.1, 0.15) is 18.7 Å². The number of aromatic nitrogens is 3. The lowest BCUT2D eigenvalue weighted by Gasteiger charge is -2.24. The predicted molar refractivity (Wildman–Crippen MR) is 103 cm³/mol. The van der Waals surface area contributed by atoms with E-state index in [-0.39, 0.29) is 22.6 Å². The van der Waals surface area contributed by atoms with Gasteiger partial charge in [0.2, 0.25) is 0 Å². The normalized spacial score (nSPS) is 15.8. The highest BCUT2D eigenvalue weighted by atomic mass is 35.5. The van der Waals surface area contributed by atoms with Crippen LogP contribution >= 0.6 is 23.2 Å². The van der Waals surface area contributed by atoms with E-state index >= 15 is 0 Å². The van der Waals surface area contributed by atoms with Gasteiger partial charge in [0.25, 0.3) is 0 Å². The molecule has 10 heteroatoms. The largest absolute Gasteiger partial charge is 0.489 e. The number of fused-ring (bicyclic) bond motifs is 1. The fraction of sp³-hybridized carbons (Fsp3) is 0.368. The van der Waals surface area contributed by atoms with Crippen molar-refractivity contribution < 1.29 is 22.6 Å². The van der Waals surface area contributed by atoms with Crippen LogP contribution in [0.2, 0.25) is 10.0 Å². The zero-order valence-corrected chi connectivity index (χ0v) is 16.6. The predicted octanol–water partition coefficient (Wildman–Crippen LogP) is 5.37. The molecule has 0 spiro atoms. The third-order valence-corrected chi connectivity index (χ3v) is 5.32. The number of benzene rings is 1. The summed E-state index contributed by atoms with van der Waals surface area (Å²) < 4.78 is 50.6. The Morgan fingerprint density at radius 3 is 2.59 bits per heavy atom. The Kier molecular flexibility index (Phi) is 5.59. The summed E-state index contributed by atoms with van der Waals surface area (Å²) in [7, 11) is 0. The van der Waals surface area contributed by atoms with Crippen LogP contribution in [0.3, 0.4) is 0 Å². The fourth-order valence-corrected chi connectivity index (χ4v) is 3.76. The summed E-state index contributed by atoms with van der Waals surface area (Å²) >= 11 is 12.8. The molecule has 0 bridgehead atoms. The van der Waals surface area contributed by atoms with Crippen molar-refractivity contribution in [1.29, 1.82) is 0 Å². The molecular formula is C19H16Cl2F3N3O2. The summed E-state index contributed by atoms with van der Waals surface area (Å²) in [6, 6.07) is 6.88. The van der Waals surface area contributed by atoms with Crippen molar-refractivity contribution in [3.05, 3.63) is 46.3 Å². The monoisotopic (exact) mass is 445 g/mol. The SMILES string of the molecule is FC(F)(F)Cc1nnc2c(Cl)c(-c3ccc(OC4CCOCC4)c(Cl)c3)ccn12. The first-order valence-electron chi connectivity index (χ1n) is 8.95. The van der Waals surface area contributed by atoms with Crippen LogP contribution in [0.4, 0.5) is 13.2 Å². The Hall–Kier alpha value is -2.03. The molecule has 0 unspecified atom stereocenters. The van der Waals surface area contributed by atoms with Crippen molar-refractivity contribution in [2.45, 2.75) is 31.5 Å². The smallest absolute Gasteiger partial charge is 0.396 e. The van der Waals surface area contributed by atoms with Gasteiger partial charge in [-0.05, 0) is 23.8 Å². The molecule has 0 amide bonds. The van der Waals surface area contributed by atoms with Crippen LogP contribution < -0.4 is 4.74 Å². The molecule has 4 rings (SSSR count). The first-order chi connectivity index (χ1) is 13.8. The van der Waals surface area contributed by atoms with Gasteiger partial charge in [0.15, 0.2) is 5.65 Å².